The van der Waals surface area contributed by atoms with Crippen LogP contribution in [0.5, 0.6) is 0 Å². The predicted octanol–water partition coefficient (Wildman–Crippen LogP) is 6.75. The molecular formula is C23H22BrN3O. The average molecular weight is 436 g/mol. The van der Waals surface area contributed by atoms with Gasteiger partial charge in [-0.05, 0) is 68.7 Å². The van der Waals surface area contributed by atoms with Gasteiger partial charge in [0, 0.05) is 27.5 Å². The number of furan rings is 1. The second kappa shape index (κ2) is 7.40. The van der Waals surface area contributed by atoms with Crippen LogP contribution in [0.4, 0.5) is 5.82 Å². The van der Waals surface area contributed by atoms with E-state index in [2.05, 4.69) is 76.3 Å². The highest BCUT2D eigenvalue weighted by Gasteiger charge is 2.11. The smallest absolute Gasteiger partial charge is 0.134 e. The number of rotatable bonds is 4. The molecule has 28 heavy (non-hydrogen) atoms. The van der Waals surface area contributed by atoms with E-state index in [-0.39, 0.29) is 6.04 Å². The minimum atomic E-state index is 0.123. The highest BCUT2D eigenvalue weighted by atomic mass is 79.9. The van der Waals surface area contributed by atoms with Gasteiger partial charge in [-0.3, -0.25) is 0 Å². The summed E-state index contributed by atoms with van der Waals surface area (Å²) in [4.78, 5) is 9.22. The van der Waals surface area contributed by atoms with Crippen molar-refractivity contribution in [1.29, 1.82) is 0 Å². The lowest BCUT2D eigenvalue weighted by Crippen LogP contribution is -2.09. The van der Waals surface area contributed by atoms with Gasteiger partial charge >= 0.3 is 0 Å². The van der Waals surface area contributed by atoms with Crippen molar-refractivity contribution >= 4 is 32.7 Å². The number of nitrogens with one attached hydrogen (secondary N) is 1. The Kier molecular flexibility index (Phi) is 4.94. The maximum Gasteiger partial charge on any atom is 0.134 e. The first-order valence-corrected chi connectivity index (χ1v) is 10.1. The van der Waals surface area contributed by atoms with Gasteiger partial charge in [0.1, 0.15) is 17.2 Å². The van der Waals surface area contributed by atoms with Crippen LogP contribution in [0.15, 0.2) is 57.6 Å². The maximum absolute atomic E-state index is 5.56. The van der Waals surface area contributed by atoms with Crippen LogP contribution in [0.3, 0.4) is 0 Å². The summed E-state index contributed by atoms with van der Waals surface area (Å²) in [7, 11) is 0. The molecule has 4 aromatic rings. The zero-order valence-corrected chi connectivity index (χ0v) is 18.0. The lowest BCUT2D eigenvalue weighted by molar-refractivity contribution is 0.613. The fourth-order valence-electron chi connectivity index (χ4n) is 3.29. The number of fused-ring (bicyclic) bond motifs is 1. The summed E-state index contributed by atoms with van der Waals surface area (Å²) in [6.45, 7) is 8.19. The Balaban J connectivity index is 1.66. The molecule has 2 aromatic carbocycles. The molecular weight excluding hydrogens is 414 g/mol. The van der Waals surface area contributed by atoms with Gasteiger partial charge in [0.05, 0.1) is 12.0 Å². The van der Waals surface area contributed by atoms with Gasteiger partial charge in [0.25, 0.3) is 0 Å². The lowest BCUT2D eigenvalue weighted by atomic mass is 10.1. The first-order chi connectivity index (χ1) is 13.4. The van der Waals surface area contributed by atoms with Gasteiger partial charge in [0.15, 0.2) is 0 Å². The Morgan fingerprint density at radius 2 is 1.79 bits per heavy atom. The van der Waals surface area contributed by atoms with Crippen molar-refractivity contribution in [2.45, 2.75) is 33.7 Å². The fraction of sp³-hybridized carbons (Fsp3) is 0.217. The molecule has 1 atom stereocenters. The van der Waals surface area contributed by atoms with Crippen LogP contribution in [0.25, 0.3) is 22.2 Å². The summed E-state index contributed by atoms with van der Waals surface area (Å²) in [5.41, 5.74) is 6.39. The molecule has 2 heterocycles. The second-order valence-corrected chi connectivity index (χ2v) is 8.04. The van der Waals surface area contributed by atoms with Crippen LogP contribution in [0.2, 0.25) is 0 Å². The van der Waals surface area contributed by atoms with E-state index in [1.54, 1.807) is 6.26 Å². The molecule has 0 aliphatic carbocycles. The number of benzene rings is 2. The van der Waals surface area contributed by atoms with Gasteiger partial charge in [-0.25, -0.2) is 9.97 Å². The molecule has 2 aromatic heterocycles. The molecule has 1 N–H and O–H groups in total. The van der Waals surface area contributed by atoms with E-state index in [1.165, 1.54) is 11.1 Å². The monoisotopic (exact) mass is 435 g/mol. The molecule has 0 saturated heterocycles. The summed E-state index contributed by atoms with van der Waals surface area (Å²) in [6, 6.07) is 14.7. The molecule has 5 heteroatoms. The van der Waals surface area contributed by atoms with E-state index in [0.717, 1.165) is 43.9 Å². The van der Waals surface area contributed by atoms with Crippen LogP contribution in [0.1, 0.15) is 35.5 Å². The zero-order chi connectivity index (χ0) is 19.8. The largest absolute Gasteiger partial charge is 0.464 e. The normalized spacial score (nSPS) is 12.3. The Morgan fingerprint density at radius 1 is 0.964 bits per heavy atom. The topological polar surface area (TPSA) is 51.0 Å². The molecule has 0 spiro atoms. The van der Waals surface area contributed by atoms with E-state index in [9.17, 15) is 0 Å². The number of aromatic nitrogens is 2. The molecule has 0 bridgehead atoms. The van der Waals surface area contributed by atoms with Gasteiger partial charge in [-0.2, -0.15) is 0 Å². The third-order valence-electron chi connectivity index (χ3n) is 4.96. The molecule has 1 unspecified atom stereocenters. The van der Waals surface area contributed by atoms with Gasteiger partial charge in [-0.15, -0.1) is 0 Å². The van der Waals surface area contributed by atoms with Crippen molar-refractivity contribution in [2.24, 2.45) is 0 Å². The summed E-state index contributed by atoms with van der Waals surface area (Å²) < 4.78 is 6.67. The van der Waals surface area contributed by atoms with Gasteiger partial charge in [0.2, 0.25) is 0 Å². The number of halogens is 1. The lowest BCUT2D eigenvalue weighted by Gasteiger charge is -2.17. The molecule has 0 radical (unpaired) electrons. The molecule has 0 amide bonds. The van der Waals surface area contributed by atoms with E-state index in [4.69, 9.17) is 4.42 Å². The zero-order valence-electron chi connectivity index (χ0n) is 16.4. The number of nitrogens with zero attached hydrogens (tertiary/aromatic N) is 2. The van der Waals surface area contributed by atoms with Crippen molar-refractivity contribution in [2.75, 3.05) is 5.32 Å². The highest BCUT2D eigenvalue weighted by molar-refractivity contribution is 9.10. The number of aryl methyl sites for hydroxylation is 3. The summed E-state index contributed by atoms with van der Waals surface area (Å²) >= 11 is 3.61. The van der Waals surface area contributed by atoms with Crippen LogP contribution < -0.4 is 5.32 Å². The van der Waals surface area contributed by atoms with Crippen molar-refractivity contribution in [1.82, 2.24) is 9.97 Å². The maximum atomic E-state index is 5.56. The van der Waals surface area contributed by atoms with Crippen molar-refractivity contribution in [3.8, 4) is 11.3 Å². The first kappa shape index (κ1) is 18.7. The molecule has 142 valence electrons. The standard InChI is InChI=1S/C23H22BrN3O/c1-13-5-6-17(10-20(13)24)15(3)25-23-11-21(26-16(4)27-23)18-7-8-22-19(9-18)14(2)12-28-22/h5-12,15H,1-4H3,(H,25,26,27). The second-order valence-electron chi connectivity index (χ2n) is 7.19. The summed E-state index contributed by atoms with van der Waals surface area (Å²) in [6.07, 6.45) is 1.79. The summed E-state index contributed by atoms with van der Waals surface area (Å²) in [5.74, 6) is 1.55. The summed E-state index contributed by atoms with van der Waals surface area (Å²) in [5, 5.41) is 4.62. The molecule has 0 aliphatic heterocycles. The van der Waals surface area contributed by atoms with Crippen molar-refractivity contribution in [3.63, 3.8) is 0 Å². The van der Waals surface area contributed by atoms with Crippen LogP contribution in [-0.2, 0) is 0 Å². The van der Waals surface area contributed by atoms with E-state index < -0.39 is 0 Å². The third-order valence-corrected chi connectivity index (χ3v) is 5.82. The highest BCUT2D eigenvalue weighted by Crippen LogP contribution is 2.29. The minimum Gasteiger partial charge on any atom is -0.464 e. The Hall–Kier alpha value is -2.66. The SMILES string of the molecule is Cc1nc(NC(C)c2ccc(C)c(Br)c2)cc(-c2ccc3occ(C)c3c2)n1. The molecule has 0 fully saturated rings. The molecule has 4 rings (SSSR count). The minimum absolute atomic E-state index is 0.123. The molecule has 4 nitrogen and oxygen atoms in total. The molecule has 0 saturated carbocycles. The average Bonchev–Trinajstić information content (AvgIpc) is 3.04. The van der Waals surface area contributed by atoms with Gasteiger partial charge in [-0.1, -0.05) is 28.1 Å². The molecule has 0 aliphatic rings. The van der Waals surface area contributed by atoms with E-state index in [1.807, 2.05) is 25.1 Å². The Labute approximate surface area is 173 Å². The van der Waals surface area contributed by atoms with Crippen molar-refractivity contribution in [3.05, 3.63) is 75.7 Å². The van der Waals surface area contributed by atoms with Gasteiger partial charge < -0.3 is 9.73 Å². The van der Waals surface area contributed by atoms with E-state index in [0.29, 0.717) is 0 Å². The fourth-order valence-corrected chi connectivity index (χ4v) is 3.69. The number of hydrogen-bond donors (Lipinski definition) is 1. The first-order valence-electron chi connectivity index (χ1n) is 9.27. The third kappa shape index (κ3) is 3.67. The van der Waals surface area contributed by atoms with Crippen LogP contribution in [-0.4, -0.2) is 9.97 Å². The predicted molar refractivity (Wildman–Crippen MR) is 118 cm³/mol. The Morgan fingerprint density at radius 3 is 2.57 bits per heavy atom. The van der Waals surface area contributed by atoms with E-state index >= 15 is 0 Å². The number of anilines is 1. The Bertz CT molecular complexity index is 1170. The van der Waals surface area contributed by atoms with Crippen LogP contribution >= 0.6 is 15.9 Å². The van der Waals surface area contributed by atoms with Crippen LogP contribution in [0, 0.1) is 20.8 Å². The number of hydrogen-bond acceptors (Lipinski definition) is 4. The quantitative estimate of drug-likeness (QED) is 0.385. The van der Waals surface area contributed by atoms with Crippen molar-refractivity contribution < 1.29 is 4.42 Å².